The number of ether oxygens (including phenoxy) is 1. The highest BCUT2D eigenvalue weighted by molar-refractivity contribution is 5.66. The van der Waals surface area contributed by atoms with E-state index in [0.29, 0.717) is 0 Å². The molecule has 0 saturated carbocycles. The van der Waals surface area contributed by atoms with E-state index in [1.54, 1.807) is 20.8 Å². The maximum Gasteiger partial charge on any atom is 0.407 e. The van der Waals surface area contributed by atoms with Gasteiger partial charge in [-0.15, -0.1) is 0 Å². The van der Waals surface area contributed by atoms with Gasteiger partial charge in [0.2, 0.25) is 0 Å². The number of halogens is 3. The first-order valence-corrected chi connectivity index (χ1v) is 6.09. The second-order valence-corrected chi connectivity index (χ2v) is 5.92. The zero-order chi connectivity index (χ0) is 15.0. The van der Waals surface area contributed by atoms with Crippen molar-refractivity contribution in [2.75, 3.05) is 13.7 Å². The maximum atomic E-state index is 13.3. The van der Waals surface area contributed by atoms with Gasteiger partial charge in [-0.05, 0) is 11.8 Å². The van der Waals surface area contributed by atoms with E-state index in [-0.39, 0.29) is 13.0 Å². The monoisotopic (exact) mass is 283 g/mol. The molecule has 1 amide bonds. The van der Waals surface area contributed by atoms with Crippen molar-refractivity contribution in [1.82, 2.24) is 4.90 Å². The Morgan fingerprint density at radius 1 is 1.32 bits per heavy atom. The van der Waals surface area contributed by atoms with Crippen LogP contribution in [0.3, 0.4) is 0 Å². The first-order chi connectivity index (χ1) is 8.50. The van der Waals surface area contributed by atoms with Gasteiger partial charge < -0.3 is 14.7 Å². The zero-order valence-corrected chi connectivity index (χ0v) is 11.5. The van der Waals surface area contributed by atoms with Crippen LogP contribution in [0.5, 0.6) is 0 Å². The highest BCUT2D eigenvalue weighted by atomic mass is 19.4. The number of nitrogens with zero attached hydrogens (tertiary/aromatic N) is 1. The highest BCUT2D eigenvalue weighted by Gasteiger charge is 2.57. The van der Waals surface area contributed by atoms with Crippen LogP contribution in [0.25, 0.3) is 0 Å². The quantitative estimate of drug-likeness (QED) is 0.805. The van der Waals surface area contributed by atoms with E-state index in [9.17, 15) is 18.0 Å². The number of carbonyl (C=O) groups is 1. The van der Waals surface area contributed by atoms with E-state index in [1.807, 2.05) is 0 Å². The molecule has 1 N–H and O–H groups in total. The summed E-state index contributed by atoms with van der Waals surface area (Å²) in [7, 11) is 1.24. The highest BCUT2D eigenvalue weighted by Crippen LogP contribution is 2.45. The van der Waals surface area contributed by atoms with Gasteiger partial charge in [-0.25, -0.2) is 4.79 Å². The van der Waals surface area contributed by atoms with Crippen molar-refractivity contribution in [3.63, 3.8) is 0 Å². The van der Waals surface area contributed by atoms with Crippen LogP contribution in [-0.2, 0) is 4.74 Å². The molecule has 1 aliphatic heterocycles. The average molecular weight is 283 g/mol. The van der Waals surface area contributed by atoms with Gasteiger partial charge in [0.05, 0.1) is 12.1 Å². The van der Waals surface area contributed by atoms with E-state index in [0.717, 1.165) is 4.90 Å². The molecule has 1 aliphatic rings. The number of carboxylic acid groups (broad SMARTS) is 1. The summed E-state index contributed by atoms with van der Waals surface area (Å²) in [6.07, 6.45) is -6.75. The molecule has 1 saturated heterocycles. The summed E-state index contributed by atoms with van der Waals surface area (Å²) in [4.78, 5) is 12.1. The molecule has 0 spiro atoms. The first kappa shape index (κ1) is 16.1. The normalized spacial score (nSPS) is 29.4. The fraction of sp³-hybridized carbons (Fsp3) is 0.917. The largest absolute Gasteiger partial charge is 0.465 e. The third-order valence-corrected chi connectivity index (χ3v) is 3.54. The number of rotatable bonds is 1. The van der Waals surface area contributed by atoms with Crippen LogP contribution in [-0.4, -0.2) is 48.1 Å². The lowest BCUT2D eigenvalue weighted by Crippen LogP contribution is -2.62. The van der Waals surface area contributed by atoms with Crippen LogP contribution < -0.4 is 0 Å². The molecule has 19 heavy (non-hydrogen) atoms. The van der Waals surface area contributed by atoms with Crippen molar-refractivity contribution in [3.05, 3.63) is 0 Å². The third kappa shape index (κ3) is 3.32. The van der Waals surface area contributed by atoms with Gasteiger partial charge in [-0.2, -0.15) is 13.2 Å². The average Bonchev–Trinajstić information content (AvgIpc) is 2.24. The lowest BCUT2D eigenvalue weighted by molar-refractivity contribution is -0.240. The number of alkyl halides is 3. The predicted molar refractivity (Wildman–Crippen MR) is 62.9 cm³/mol. The molecule has 1 fully saturated rings. The molecule has 1 heterocycles. The SMILES string of the molecule is COC1CCN(C(=O)O)C(C(C)(C)C)C1C(F)(F)F. The minimum atomic E-state index is -4.49. The van der Waals surface area contributed by atoms with Crippen LogP contribution in [0.15, 0.2) is 0 Å². The molecule has 0 aromatic rings. The molecule has 0 radical (unpaired) electrons. The van der Waals surface area contributed by atoms with Gasteiger partial charge in [0.15, 0.2) is 0 Å². The van der Waals surface area contributed by atoms with Crippen LogP contribution in [0, 0.1) is 11.3 Å². The fourth-order valence-corrected chi connectivity index (χ4v) is 2.86. The number of methoxy groups -OCH3 is 1. The van der Waals surface area contributed by atoms with Gasteiger partial charge in [0.25, 0.3) is 0 Å². The Labute approximate surface area is 110 Å². The molecular weight excluding hydrogens is 263 g/mol. The lowest BCUT2D eigenvalue weighted by Gasteiger charge is -2.49. The number of hydrogen-bond acceptors (Lipinski definition) is 2. The van der Waals surface area contributed by atoms with Gasteiger partial charge >= 0.3 is 12.3 Å². The topological polar surface area (TPSA) is 49.8 Å². The Kier molecular flexibility index (Phi) is 4.39. The van der Waals surface area contributed by atoms with Crippen molar-refractivity contribution in [2.24, 2.45) is 11.3 Å². The first-order valence-electron chi connectivity index (χ1n) is 6.09. The van der Waals surface area contributed by atoms with E-state index in [4.69, 9.17) is 9.84 Å². The molecule has 3 unspecified atom stereocenters. The molecular formula is C12H20F3NO3. The van der Waals surface area contributed by atoms with Crippen LogP contribution in [0.4, 0.5) is 18.0 Å². The number of piperidine rings is 1. The summed E-state index contributed by atoms with van der Waals surface area (Å²) in [6, 6.07) is -1.15. The summed E-state index contributed by atoms with van der Waals surface area (Å²) in [5.74, 6) is -1.80. The Morgan fingerprint density at radius 3 is 2.16 bits per heavy atom. The number of amides is 1. The van der Waals surface area contributed by atoms with Crippen molar-refractivity contribution in [3.8, 4) is 0 Å². The Morgan fingerprint density at radius 2 is 1.84 bits per heavy atom. The van der Waals surface area contributed by atoms with Crippen molar-refractivity contribution < 1.29 is 27.8 Å². The van der Waals surface area contributed by atoms with Gasteiger partial charge in [-0.1, -0.05) is 20.8 Å². The zero-order valence-electron chi connectivity index (χ0n) is 11.5. The molecule has 112 valence electrons. The molecule has 0 aliphatic carbocycles. The Bertz CT molecular complexity index is 338. The Balaban J connectivity index is 3.24. The van der Waals surface area contributed by atoms with Crippen LogP contribution >= 0.6 is 0 Å². The van der Waals surface area contributed by atoms with E-state index >= 15 is 0 Å². The molecule has 0 bridgehead atoms. The molecule has 0 aromatic heterocycles. The Hall–Kier alpha value is -0.980. The standard InChI is InChI=1S/C12H20F3NO3/c1-11(2,3)9-8(12(13,14)15)7(19-4)5-6-16(9)10(17)18/h7-9H,5-6H2,1-4H3,(H,17,18). The lowest BCUT2D eigenvalue weighted by atomic mass is 9.72. The molecule has 0 aromatic carbocycles. The second-order valence-electron chi connectivity index (χ2n) is 5.92. The molecule has 7 heteroatoms. The maximum absolute atomic E-state index is 13.3. The summed E-state index contributed by atoms with van der Waals surface area (Å²) in [5.41, 5.74) is -0.824. The van der Waals surface area contributed by atoms with Crippen molar-refractivity contribution >= 4 is 6.09 Å². The minimum absolute atomic E-state index is 0.0551. The summed E-state index contributed by atoms with van der Waals surface area (Å²) in [5, 5.41) is 9.13. The number of likely N-dealkylation sites (tertiary alicyclic amines) is 1. The predicted octanol–water partition coefficient (Wildman–Crippen LogP) is 2.98. The van der Waals surface area contributed by atoms with E-state index in [1.165, 1.54) is 7.11 Å². The van der Waals surface area contributed by atoms with Gasteiger partial charge in [-0.3, -0.25) is 0 Å². The smallest absolute Gasteiger partial charge is 0.407 e. The summed E-state index contributed by atoms with van der Waals surface area (Å²) < 4.78 is 44.8. The fourth-order valence-electron chi connectivity index (χ4n) is 2.86. The molecule has 1 rings (SSSR count). The molecule has 4 nitrogen and oxygen atoms in total. The van der Waals surface area contributed by atoms with Crippen LogP contribution in [0.2, 0.25) is 0 Å². The second kappa shape index (κ2) is 5.19. The van der Waals surface area contributed by atoms with E-state index in [2.05, 4.69) is 0 Å². The van der Waals surface area contributed by atoms with Crippen molar-refractivity contribution in [1.29, 1.82) is 0 Å². The van der Waals surface area contributed by atoms with E-state index < -0.39 is 35.7 Å². The summed E-state index contributed by atoms with van der Waals surface area (Å²) >= 11 is 0. The third-order valence-electron chi connectivity index (χ3n) is 3.54. The van der Waals surface area contributed by atoms with Gasteiger partial charge in [0, 0.05) is 13.7 Å². The molecule has 3 atom stereocenters. The van der Waals surface area contributed by atoms with Crippen molar-refractivity contribution in [2.45, 2.75) is 45.5 Å². The minimum Gasteiger partial charge on any atom is -0.465 e. The number of hydrogen-bond donors (Lipinski definition) is 1. The van der Waals surface area contributed by atoms with Crippen LogP contribution in [0.1, 0.15) is 27.2 Å². The van der Waals surface area contributed by atoms with Gasteiger partial charge in [0.1, 0.15) is 5.92 Å². The summed E-state index contributed by atoms with van der Waals surface area (Å²) in [6.45, 7) is 4.90.